The summed E-state index contributed by atoms with van der Waals surface area (Å²) in [5.74, 6) is -0.000705. The number of hydrogen-bond acceptors (Lipinski definition) is 3. The van der Waals surface area contributed by atoms with Gasteiger partial charge < -0.3 is 15.1 Å². The highest BCUT2D eigenvalue weighted by Gasteiger charge is 2.27. The minimum Gasteiger partial charge on any atom is -0.335 e. The van der Waals surface area contributed by atoms with Crippen molar-refractivity contribution in [2.24, 2.45) is 0 Å². The molecule has 1 aromatic heterocycles. The van der Waals surface area contributed by atoms with Crippen molar-refractivity contribution in [3.8, 4) is 0 Å². The smallest absolute Gasteiger partial charge is 0.317 e. The van der Waals surface area contributed by atoms with E-state index in [9.17, 15) is 9.59 Å². The van der Waals surface area contributed by atoms with E-state index in [1.54, 1.807) is 17.1 Å². The van der Waals surface area contributed by atoms with Gasteiger partial charge in [0.05, 0.1) is 11.8 Å². The Morgan fingerprint density at radius 3 is 2.32 bits per heavy atom. The Bertz CT molecular complexity index is 598. The fraction of sp³-hybridized carbons (Fsp3) is 0.722. The van der Waals surface area contributed by atoms with Crippen molar-refractivity contribution in [2.45, 2.75) is 58.0 Å². The van der Waals surface area contributed by atoms with Crippen LogP contribution in [0, 0.1) is 0 Å². The highest BCUT2D eigenvalue weighted by molar-refractivity contribution is 5.94. The molecular weight excluding hydrogens is 318 g/mol. The number of urea groups is 1. The van der Waals surface area contributed by atoms with Crippen LogP contribution < -0.4 is 5.32 Å². The minimum atomic E-state index is -0.000705. The molecule has 0 spiro atoms. The molecule has 1 aromatic rings. The van der Waals surface area contributed by atoms with Gasteiger partial charge in [-0.15, -0.1) is 0 Å². The van der Waals surface area contributed by atoms with Gasteiger partial charge in [0.15, 0.2) is 0 Å². The maximum absolute atomic E-state index is 12.6. The van der Waals surface area contributed by atoms with E-state index in [2.05, 4.69) is 10.4 Å². The highest BCUT2D eigenvalue weighted by atomic mass is 16.2. The lowest BCUT2D eigenvalue weighted by Crippen LogP contribution is -2.54. The average Bonchev–Trinajstić information content (AvgIpc) is 3.12. The molecule has 3 rings (SSSR count). The van der Waals surface area contributed by atoms with Gasteiger partial charge in [0.1, 0.15) is 0 Å². The molecule has 1 aliphatic carbocycles. The first kappa shape index (κ1) is 17.8. The molecule has 7 nitrogen and oxygen atoms in total. The third-order valence-corrected chi connectivity index (χ3v) is 5.16. The van der Waals surface area contributed by atoms with Crippen LogP contribution in [-0.2, 0) is 0 Å². The lowest BCUT2D eigenvalue weighted by molar-refractivity contribution is 0.0662. The van der Waals surface area contributed by atoms with Crippen molar-refractivity contribution >= 4 is 11.9 Å². The van der Waals surface area contributed by atoms with Gasteiger partial charge in [-0.3, -0.25) is 9.48 Å². The molecule has 25 heavy (non-hydrogen) atoms. The summed E-state index contributed by atoms with van der Waals surface area (Å²) in [4.78, 5) is 28.6. The number of aromatic nitrogens is 2. The zero-order valence-corrected chi connectivity index (χ0v) is 15.3. The quantitative estimate of drug-likeness (QED) is 0.912. The van der Waals surface area contributed by atoms with Crippen LogP contribution in [0.2, 0.25) is 0 Å². The van der Waals surface area contributed by atoms with E-state index >= 15 is 0 Å². The molecule has 0 radical (unpaired) electrons. The molecule has 2 fully saturated rings. The average molecular weight is 347 g/mol. The van der Waals surface area contributed by atoms with Gasteiger partial charge in [0, 0.05) is 44.5 Å². The second-order valence-corrected chi connectivity index (χ2v) is 7.37. The zero-order valence-electron chi connectivity index (χ0n) is 15.3. The molecule has 0 bridgehead atoms. The molecular formula is C18H29N5O2. The Kier molecular flexibility index (Phi) is 5.60. The third-order valence-electron chi connectivity index (χ3n) is 5.16. The molecule has 3 amide bonds. The fourth-order valence-electron chi connectivity index (χ4n) is 3.54. The summed E-state index contributed by atoms with van der Waals surface area (Å²) < 4.78 is 1.79. The van der Waals surface area contributed by atoms with Gasteiger partial charge >= 0.3 is 6.03 Å². The van der Waals surface area contributed by atoms with Gasteiger partial charge in [-0.25, -0.2) is 4.79 Å². The summed E-state index contributed by atoms with van der Waals surface area (Å²) in [6.45, 7) is 6.38. The Balaban J connectivity index is 1.48. The van der Waals surface area contributed by atoms with Gasteiger partial charge in [0.25, 0.3) is 5.91 Å². The first-order valence-electron chi connectivity index (χ1n) is 9.43. The summed E-state index contributed by atoms with van der Waals surface area (Å²) in [6, 6.07) is 0.580. The normalized spacial score (nSPS) is 19.3. The first-order valence-corrected chi connectivity index (χ1v) is 9.43. The van der Waals surface area contributed by atoms with Crippen LogP contribution in [-0.4, -0.2) is 63.7 Å². The summed E-state index contributed by atoms with van der Waals surface area (Å²) >= 11 is 0. The molecule has 7 heteroatoms. The van der Waals surface area contributed by atoms with Crippen LogP contribution >= 0.6 is 0 Å². The molecule has 1 aliphatic heterocycles. The molecule has 2 heterocycles. The van der Waals surface area contributed by atoms with Gasteiger partial charge in [-0.2, -0.15) is 5.10 Å². The molecule has 2 aliphatic rings. The van der Waals surface area contributed by atoms with Crippen molar-refractivity contribution in [3.63, 3.8) is 0 Å². The number of piperazine rings is 1. The number of nitrogens with zero attached hydrogens (tertiary/aromatic N) is 4. The SMILES string of the molecule is CC(C)n1cc(C(=O)N2CCN(C(=O)NC3CCCCC3)CC2)cn1. The molecule has 0 unspecified atom stereocenters. The predicted molar refractivity (Wildman–Crippen MR) is 95.5 cm³/mol. The number of rotatable bonds is 3. The third kappa shape index (κ3) is 4.32. The van der Waals surface area contributed by atoms with Crippen LogP contribution in [0.3, 0.4) is 0 Å². The van der Waals surface area contributed by atoms with Crippen molar-refractivity contribution in [3.05, 3.63) is 18.0 Å². The monoisotopic (exact) mass is 347 g/mol. The maximum Gasteiger partial charge on any atom is 0.317 e. The molecule has 0 atom stereocenters. The first-order chi connectivity index (χ1) is 12.0. The second-order valence-electron chi connectivity index (χ2n) is 7.37. The summed E-state index contributed by atoms with van der Waals surface area (Å²) in [7, 11) is 0. The molecule has 1 saturated carbocycles. The van der Waals surface area contributed by atoms with Gasteiger partial charge in [0.2, 0.25) is 0 Å². The van der Waals surface area contributed by atoms with Crippen molar-refractivity contribution in [1.82, 2.24) is 24.9 Å². The van der Waals surface area contributed by atoms with E-state index < -0.39 is 0 Å². The van der Waals surface area contributed by atoms with E-state index in [0.717, 1.165) is 12.8 Å². The number of hydrogen-bond donors (Lipinski definition) is 1. The lowest BCUT2D eigenvalue weighted by Gasteiger charge is -2.35. The van der Waals surface area contributed by atoms with Gasteiger partial charge in [-0.1, -0.05) is 19.3 Å². The van der Waals surface area contributed by atoms with E-state index in [1.807, 2.05) is 23.6 Å². The summed E-state index contributed by atoms with van der Waals surface area (Å²) in [5.41, 5.74) is 0.619. The standard InChI is InChI=1S/C18H29N5O2/c1-14(2)23-13-15(12-19-23)17(24)21-8-10-22(11-9-21)18(25)20-16-6-4-3-5-7-16/h12-14,16H,3-11H2,1-2H3,(H,20,25). The highest BCUT2D eigenvalue weighted by Crippen LogP contribution is 2.18. The minimum absolute atomic E-state index is 0.000705. The van der Waals surface area contributed by atoms with E-state index in [-0.39, 0.29) is 18.0 Å². The molecule has 1 saturated heterocycles. The molecule has 1 N–H and O–H groups in total. The number of amides is 3. The van der Waals surface area contributed by atoms with E-state index in [0.29, 0.717) is 37.8 Å². The van der Waals surface area contributed by atoms with Gasteiger partial charge in [-0.05, 0) is 26.7 Å². The van der Waals surface area contributed by atoms with Crippen molar-refractivity contribution in [1.29, 1.82) is 0 Å². The summed E-state index contributed by atoms with van der Waals surface area (Å²) in [5, 5.41) is 7.38. The van der Waals surface area contributed by atoms with E-state index in [1.165, 1.54) is 19.3 Å². The van der Waals surface area contributed by atoms with Crippen LogP contribution in [0.15, 0.2) is 12.4 Å². The van der Waals surface area contributed by atoms with E-state index in [4.69, 9.17) is 0 Å². The molecule has 138 valence electrons. The largest absolute Gasteiger partial charge is 0.335 e. The maximum atomic E-state index is 12.6. The second kappa shape index (κ2) is 7.89. The number of carbonyl (C=O) groups excluding carboxylic acids is 2. The van der Waals surface area contributed by atoms with Crippen LogP contribution in [0.4, 0.5) is 4.79 Å². The topological polar surface area (TPSA) is 70.5 Å². The Labute approximate surface area is 149 Å². The Morgan fingerprint density at radius 2 is 1.72 bits per heavy atom. The van der Waals surface area contributed by atoms with Crippen LogP contribution in [0.1, 0.15) is 62.4 Å². The van der Waals surface area contributed by atoms with Crippen molar-refractivity contribution in [2.75, 3.05) is 26.2 Å². The zero-order chi connectivity index (χ0) is 17.8. The summed E-state index contributed by atoms with van der Waals surface area (Å²) in [6.07, 6.45) is 9.29. The number of nitrogens with one attached hydrogen (secondary N) is 1. The fourth-order valence-corrected chi connectivity index (χ4v) is 3.54. The van der Waals surface area contributed by atoms with Crippen molar-refractivity contribution < 1.29 is 9.59 Å². The van der Waals surface area contributed by atoms with Crippen LogP contribution in [0.5, 0.6) is 0 Å². The van der Waals surface area contributed by atoms with Crippen LogP contribution in [0.25, 0.3) is 0 Å². The lowest BCUT2D eigenvalue weighted by atomic mass is 9.96. The Hall–Kier alpha value is -2.05. The number of carbonyl (C=O) groups is 2. The molecule has 0 aromatic carbocycles. The Morgan fingerprint density at radius 1 is 1.08 bits per heavy atom. The predicted octanol–water partition coefficient (Wildman–Crippen LogP) is 2.26.